The van der Waals surface area contributed by atoms with Crippen LogP contribution in [0.15, 0.2) is 17.5 Å². The van der Waals surface area contributed by atoms with Crippen LogP contribution < -0.4 is 0 Å². The molecule has 1 aromatic heterocycles. The van der Waals surface area contributed by atoms with Gasteiger partial charge in [-0.25, -0.2) is 0 Å². The van der Waals surface area contributed by atoms with Crippen LogP contribution in [0.2, 0.25) is 0 Å². The topological polar surface area (TPSA) is 20.2 Å². The first-order chi connectivity index (χ1) is 8.36. The highest BCUT2D eigenvalue weighted by molar-refractivity contribution is 7.09. The summed E-state index contributed by atoms with van der Waals surface area (Å²) in [7, 11) is 0. The standard InChI is InChI=1S/C15H24OS/c16-15(13-7-3-1-2-4-8-13)11-5-9-14-10-6-12-17-14/h6,10,12-13,15-16H,1-5,7-9,11H2. The maximum absolute atomic E-state index is 10.2. The molecule has 0 aliphatic heterocycles. The van der Waals surface area contributed by atoms with Crippen LogP contribution in [0.3, 0.4) is 0 Å². The molecule has 0 saturated heterocycles. The van der Waals surface area contributed by atoms with Crippen LogP contribution >= 0.6 is 11.3 Å². The van der Waals surface area contributed by atoms with Crippen molar-refractivity contribution in [1.82, 2.24) is 0 Å². The van der Waals surface area contributed by atoms with Crippen molar-refractivity contribution >= 4 is 11.3 Å². The van der Waals surface area contributed by atoms with Crippen molar-refractivity contribution in [3.63, 3.8) is 0 Å². The third kappa shape index (κ3) is 4.44. The van der Waals surface area contributed by atoms with Crippen molar-refractivity contribution in [3.8, 4) is 0 Å². The second-order valence-corrected chi connectivity index (χ2v) is 6.32. The largest absolute Gasteiger partial charge is 0.393 e. The Morgan fingerprint density at radius 2 is 2.00 bits per heavy atom. The summed E-state index contributed by atoms with van der Waals surface area (Å²) in [5.74, 6) is 0.584. The van der Waals surface area contributed by atoms with Gasteiger partial charge in [0.1, 0.15) is 0 Å². The highest BCUT2D eigenvalue weighted by Crippen LogP contribution is 2.27. The van der Waals surface area contributed by atoms with Gasteiger partial charge in [-0.1, -0.05) is 31.7 Å². The number of hydrogen-bond donors (Lipinski definition) is 1. The second kappa shape index (κ2) is 7.17. The summed E-state index contributed by atoms with van der Waals surface area (Å²) >= 11 is 1.83. The molecule has 1 heterocycles. The molecule has 0 spiro atoms. The smallest absolute Gasteiger partial charge is 0.0568 e. The van der Waals surface area contributed by atoms with E-state index in [0.29, 0.717) is 5.92 Å². The lowest BCUT2D eigenvalue weighted by atomic mass is 9.91. The first-order valence-electron chi connectivity index (χ1n) is 7.06. The van der Waals surface area contributed by atoms with Crippen LogP contribution in [-0.2, 0) is 6.42 Å². The van der Waals surface area contributed by atoms with Crippen LogP contribution in [0.5, 0.6) is 0 Å². The van der Waals surface area contributed by atoms with E-state index in [1.807, 2.05) is 11.3 Å². The Balaban J connectivity index is 1.67. The molecule has 0 amide bonds. The van der Waals surface area contributed by atoms with Crippen LogP contribution in [0.1, 0.15) is 56.2 Å². The number of aliphatic hydroxyl groups excluding tert-OH is 1. The van der Waals surface area contributed by atoms with Gasteiger partial charge in [0.25, 0.3) is 0 Å². The third-order valence-corrected chi connectivity index (χ3v) is 4.88. The van der Waals surface area contributed by atoms with Gasteiger partial charge in [-0.3, -0.25) is 0 Å². The molecule has 1 fully saturated rings. The lowest BCUT2D eigenvalue weighted by Gasteiger charge is -2.20. The minimum absolute atomic E-state index is 0.0481. The molecule has 1 saturated carbocycles. The van der Waals surface area contributed by atoms with Crippen LogP contribution in [0, 0.1) is 5.92 Å². The monoisotopic (exact) mass is 252 g/mol. The molecular weight excluding hydrogens is 228 g/mol. The summed E-state index contributed by atoms with van der Waals surface area (Å²) in [6.45, 7) is 0. The van der Waals surface area contributed by atoms with Crippen molar-refractivity contribution in [2.24, 2.45) is 5.92 Å². The van der Waals surface area contributed by atoms with Crippen LogP contribution in [0.25, 0.3) is 0 Å². The number of aryl methyl sites for hydroxylation is 1. The van der Waals surface area contributed by atoms with Crippen molar-refractivity contribution in [2.75, 3.05) is 0 Å². The van der Waals surface area contributed by atoms with E-state index >= 15 is 0 Å². The molecule has 96 valence electrons. The average Bonchev–Trinajstić information content (AvgIpc) is 2.69. The van der Waals surface area contributed by atoms with Crippen molar-refractivity contribution in [1.29, 1.82) is 0 Å². The van der Waals surface area contributed by atoms with Gasteiger partial charge in [0.05, 0.1) is 6.10 Å². The van der Waals surface area contributed by atoms with Gasteiger partial charge < -0.3 is 5.11 Å². The lowest BCUT2D eigenvalue weighted by molar-refractivity contribution is 0.0883. The predicted octanol–water partition coefficient (Wildman–Crippen LogP) is 4.40. The summed E-state index contributed by atoms with van der Waals surface area (Å²) in [4.78, 5) is 1.46. The van der Waals surface area contributed by atoms with Gasteiger partial charge >= 0.3 is 0 Å². The van der Waals surface area contributed by atoms with Gasteiger partial charge in [0.15, 0.2) is 0 Å². The fraction of sp³-hybridized carbons (Fsp3) is 0.733. The van der Waals surface area contributed by atoms with Gasteiger partial charge in [0, 0.05) is 4.88 Å². The molecule has 1 atom stereocenters. The zero-order valence-electron chi connectivity index (χ0n) is 10.6. The lowest BCUT2D eigenvalue weighted by Crippen LogP contribution is -2.20. The molecule has 0 aromatic carbocycles. The first-order valence-corrected chi connectivity index (χ1v) is 7.94. The van der Waals surface area contributed by atoms with Crippen LogP contribution in [-0.4, -0.2) is 11.2 Å². The molecule has 1 aliphatic rings. The highest BCUT2D eigenvalue weighted by atomic mass is 32.1. The Labute approximate surface area is 109 Å². The van der Waals surface area contributed by atoms with Crippen LogP contribution in [0.4, 0.5) is 0 Å². The molecule has 0 radical (unpaired) electrons. The summed E-state index contributed by atoms with van der Waals surface area (Å²) in [5, 5.41) is 12.4. The predicted molar refractivity (Wildman–Crippen MR) is 74.5 cm³/mol. The molecule has 1 aliphatic carbocycles. The first kappa shape index (κ1) is 13.1. The van der Waals surface area contributed by atoms with Gasteiger partial charge in [-0.15, -0.1) is 11.3 Å². The Kier molecular flexibility index (Phi) is 5.53. The summed E-state index contributed by atoms with van der Waals surface area (Å²) in [5.41, 5.74) is 0. The average molecular weight is 252 g/mol. The molecule has 2 rings (SSSR count). The molecule has 17 heavy (non-hydrogen) atoms. The Hall–Kier alpha value is -0.340. The molecular formula is C15H24OS. The Morgan fingerprint density at radius 1 is 1.24 bits per heavy atom. The number of rotatable bonds is 5. The van der Waals surface area contributed by atoms with Gasteiger partial charge in [0.2, 0.25) is 0 Å². The quantitative estimate of drug-likeness (QED) is 0.770. The molecule has 1 unspecified atom stereocenters. The molecule has 1 aromatic rings. The van der Waals surface area contributed by atoms with Crippen molar-refractivity contribution in [2.45, 2.75) is 63.9 Å². The highest BCUT2D eigenvalue weighted by Gasteiger charge is 2.20. The Bertz CT molecular complexity index is 286. The zero-order valence-corrected chi connectivity index (χ0v) is 11.4. The minimum atomic E-state index is -0.0481. The van der Waals surface area contributed by atoms with E-state index in [1.165, 1.54) is 43.4 Å². The third-order valence-electron chi connectivity index (χ3n) is 3.95. The van der Waals surface area contributed by atoms with E-state index in [4.69, 9.17) is 0 Å². The Morgan fingerprint density at radius 3 is 2.65 bits per heavy atom. The van der Waals surface area contributed by atoms with E-state index < -0.39 is 0 Å². The summed E-state index contributed by atoms with van der Waals surface area (Å²) < 4.78 is 0. The van der Waals surface area contributed by atoms with E-state index in [0.717, 1.165) is 19.3 Å². The maximum atomic E-state index is 10.2. The summed E-state index contributed by atoms with van der Waals surface area (Å²) in [6, 6.07) is 4.31. The SMILES string of the molecule is OC(CCCc1cccs1)C1CCCCCC1. The minimum Gasteiger partial charge on any atom is -0.393 e. The fourth-order valence-corrected chi connectivity index (χ4v) is 3.62. The normalized spacial score (nSPS) is 20.1. The fourth-order valence-electron chi connectivity index (χ4n) is 2.87. The number of thiophene rings is 1. The van der Waals surface area contributed by atoms with Crippen molar-refractivity contribution < 1.29 is 5.11 Å². The summed E-state index contributed by atoms with van der Waals surface area (Å²) in [6.07, 6.45) is 11.1. The van der Waals surface area contributed by atoms with Gasteiger partial charge in [-0.05, 0) is 49.5 Å². The number of aliphatic hydroxyl groups is 1. The van der Waals surface area contributed by atoms with Crippen molar-refractivity contribution in [3.05, 3.63) is 22.4 Å². The molecule has 1 N–H and O–H groups in total. The van der Waals surface area contributed by atoms with E-state index in [-0.39, 0.29) is 6.10 Å². The second-order valence-electron chi connectivity index (χ2n) is 5.29. The molecule has 2 heteroatoms. The number of hydrogen-bond acceptors (Lipinski definition) is 2. The molecule has 0 bridgehead atoms. The molecule has 1 nitrogen and oxygen atoms in total. The maximum Gasteiger partial charge on any atom is 0.0568 e. The zero-order chi connectivity index (χ0) is 11.9. The van der Waals surface area contributed by atoms with E-state index in [1.54, 1.807) is 0 Å². The van der Waals surface area contributed by atoms with E-state index in [2.05, 4.69) is 17.5 Å². The van der Waals surface area contributed by atoms with Gasteiger partial charge in [-0.2, -0.15) is 0 Å². The van der Waals surface area contributed by atoms with E-state index in [9.17, 15) is 5.11 Å².